The van der Waals surface area contributed by atoms with E-state index in [9.17, 15) is 23.2 Å². The fraction of sp³-hybridized carbons (Fsp3) is 0.364. The van der Waals surface area contributed by atoms with E-state index < -0.39 is 23.4 Å². The van der Waals surface area contributed by atoms with Gasteiger partial charge >= 0.3 is 6.03 Å². The largest absolute Gasteiger partial charge is 0.368 e. The van der Waals surface area contributed by atoms with Crippen LogP contribution in [0.25, 0.3) is 0 Å². The highest BCUT2D eigenvalue weighted by atomic mass is 19.1. The third-order valence-corrected chi connectivity index (χ3v) is 8.00. The highest BCUT2D eigenvalue weighted by molar-refractivity contribution is 5.99. The predicted molar refractivity (Wildman–Crippen MR) is 162 cm³/mol. The minimum atomic E-state index is -0.554. The Morgan fingerprint density at radius 1 is 0.814 bits per heavy atom. The molecule has 0 bridgehead atoms. The quantitative estimate of drug-likeness (QED) is 0.368. The molecule has 0 atom stereocenters. The molecule has 0 unspecified atom stereocenters. The van der Waals surface area contributed by atoms with Crippen molar-refractivity contribution in [3.8, 4) is 0 Å². The Morgan fingerprint density at radius 3 is 2.19 bits per heavy atom. The summed E-state index contributed by atoms with van der Waals surface area (Å²) in [6, 6.07) is 18.7. The van der Waals surface area contributed by atoms with Gasteiger partial charge in [0.15, 0.2) is 0 Å². The lowest BCUT2D eigenvalue weighted by Gasteiger charge is -2.37. The van der Waals surface area contributed by atoms with Crippen LogP contribution >= 0.6 is 0 Å². The van der Waals surface area contributed by atoms with E-state index in [1.807, 2.05) is 17.0 Å². The molecule has 0 radical (unpaired) electrons. The third kappa shape index (κ3) is 8.30. The topological polar surface area (TPSA) is 85.0 Å². The van der Waals surface area contributed by atoms with Crippen LogP contribution in [0.5, 0.6) is 0 Å². The van der Waals surface area contributed by atoms with Crippen LogP contribution in [0.4, 0.5) is 25.0 Å². The number of amides is 4. The number of piperazine rings is 1. The van der Waals surface area contributed by atoms with Gasteiger partial charge in [-0.2, -0.15) is 0 Å². The number of nitrogens with one attached hydrogen (secondary N) is 2. The van der Waals surface area contributed by atoms with Gasteiger partial charge < -0.3 is 25.3 Å². The molecule has 1 saturated heterocycles. The first-order valence-electron chi connectivity index (χ1n) is 14.8. The van der Waals surface area contributed by atoms with E-state index in [0.717, 1.165) is 24.6 Å². The number of carbonyl (C=O) groups excluding carboxylic acids is 3. The van der Waals surface area contributed by atoms with Gasteiger partial charge in [-0.15, -0.1) is 0 Å². The molecule has 1 saturated carbocycles. The van der Waals surface area contributed by atoms with Crippen molar-refractivity contribution in [2.45, 2.75) is 44.7 Å². The van der Waals surface area contributed by atoms with E-state index >= 15 is 0 Å². The van der Waals surface area contributed by atoms with Crippen LogP contribution in [-0.4, -0.2) is 66.4 Å². The number of urea groups is 1. The van der Waals surface area contributed by atoms with E-state index in [4.69, 9.17) is 0 Å². The highest BCUT2D eigenvalue weighted by Gasteiger charge is 2.24. The van der Waals surface area contributed by atoms with Crippen LogP contribution in [0.1, 0.15) is 48.0 Å². The summed E-state index contributed by atoms with van der Waals surface area (Å²) in [5.41, 5.74) is 2.31. The van der Waals surface area contributed by atoms with Crippen molar-refractivity contribution in [2.24, 2.45) is 0 Å². The molecular weight excluding hydrogens is 552 g/mol. The number of hydrogen-bond donors (Lipinski definition) is 2. The molecule has 3 aromatic rings. The first-order valence-corrected chi connectivity index (χ1v) is 14.8. The summed E-state index contributed by atoms with van der Waals surface area (Å²) in [5.74, 6) is -1.89. The molecular formula is C33H37F2N5O3. The predicted octanol–water partition coefficient (Wildman–Crippen LogP) is 5.41. The van der Waals surface area contributed by atoms with E-state index in [2.05, 4.69) is 15.5 Å². The number of hydrogen-bond acceptors (Lipinski definition) is 4. The van der Waals surface area contributed by atoms with Crippen LogP contribution in [0, 0.1) is 11.6 Å². The zero-order valence-corrected chi connectivity index (χ0v) is 24.1. The van der Waals surface area contributed by atoms with E-state index in [1.165, 1.54) is 54.5 Å². The standard InChI is InChI=1S/C33H37F2N5O3/c34-26-11-9-24(10-12-26)22-40(32(42)25-5-4-6-27(35)21-25)23-31(41)36-29-13-15-30(16-14-29)38-17-19-39(20-18-38)33(43)37-28-7-2-1-3-8-28/h4-6,9-16,21,28H,1-3,7-8,17-20,22-23H2,(H,36,41)(H,37,43). The molecule has 2 N–H and O–H groups in total. The zero-order chi connectivity index (χ0) is 30.2. The summed E-state index contributed by atoms with van der Waals surface area (Å²) >= 11 is 0. The van der Waals surface area contributed by atoms with Gasteiger partial charge in [-0.3, -0.25) is 9.59 Å². The summed E-state index contributed by atoms with van der Waals surface area (Å²) in [5, 5.41) is 6.02. The van der Waals surface area contributed by atoms with Gasteiger partial charge in [0.2, 0.25) is 5.91 Å². The Bertz CT molecular complexity index is 1400. The van der Waals surface area contributed by atoms with Gasteiger partial charge in [0.05, 0.1) is 0 Å². The first-order chi connectivity index (χ1) is 20.8. The molecule has 1 aliphatic carbocycles. The Kier molecular flexibility index (Phi) is 9.86. The number of benzene rings is 3. The van der Waals surface area contributed by atoms with Crippen molar-refractivity contribution >= 4 is 29.2 Å². The van der Waals surface area contributed by atoms with Gasteiger partial charge in [0, 0.05) is 55.7 Å². The first kappa shape index (κ1) is 30.0. The van der Waals surface area contributed by atoms with Crippen molar-refractivity contribution in [2.75, 3.05) is 42.9 Å². The minimum absolute atomic E-state index is 0.0222. The van der Waals surface area contributed by atoms with E-state index in [-0.39, 0.29) is 30.7 Å². The average molecular weight is 590 g/mol. The maximum atomic E-state index is 13.8. The number of halogens is 2. The normalized spacial score (nSPS) is 15.6. The summed E-state index contributed by atoms with van der Waals surface area (Å²) in [4.78, 5) is 44.3. The molecule has 10 heteroatoms. The smallest absolute Gasteiger partial charge is 0.317 e. The van der Waals surface area contributed by atoms with Crippen molar-refractivity contribution in [1.29, 1.82) is 0 Å². The van der Waals surface area contributed by atoms with Crippen molar-refractivity contribution in [1.82, 2.24) is 15.1 Å². The second kappa shape index (κ2) is 14.1. The summed E-state index contributed by atoms with van der Waals surface area (Å²) in [6.07, 6.45) is 5.72. The molecule has 2 aliphatic rings. The van der Waals surface area contributed by atoms with Gasteiger partial charge in [-0.25, -0.2) is 13.6 Å². The lowest BCUT2D eigenvalue weighted by Crippen LogP contribution is -2.53. The molecule has 0 spiro atoms. The van der Waals surface area contributed by atoms with Gasteiger partial charge in [-0.05, 0) is 73.0 Å². The molecule has 1 aliphatic heterocycles. The number of anilines is 2. The van der Waals surface area contributed by atoms with Gasteiger partial charge in [-0.1, -0.05) is 37.5 Å². The number of nitrogens with zero attached hydrogens (tertiary/aromatic N) is 3. The summed E-state index contributed by atoms with van der Waals surface area (Å²) in [6.45, 7) is 2.47. The molecule has 4 amide bonds. The zero-order valence-electron chi connectivity index (χ0n) is 24.1. The van der Waals surface area contributed by atoms with Crippen LogP contribution < -0.4 is 15.5 Å². The Hall–Kier alpha value is -4.47. The Balaban J connectivity index is 1.16. The molecule has 3 aromatic carbocycles. The molecule has 226 valence electrons. The number of rotatable bonds is 8. The fourth-order valence-electron chi connectivity index (χ4n) is 5.62. The minimum Gasteiger partial charge on any atom is -0.368 e. The summed E-state index contributed by atoms with van der Waals surface area (Å²) < 4.78 is 27.2. The van der Waals surface area contributed by atoms with Crippen LogP contribution in [0.3, 0.4) is 0 Å². The van der Waals surface area contributed by atoms with Crippen LogP contribution in [-0.2, 0) is 11.3 Å². The van der Waals surface area contributed by atoms with E-state index in [0.29, 0.717) is 37.4 Å². The number of carbonyl (C=O) groups is 3. The lowest BCUT2D eigenvalue weighted by molar-refractivity contribution is -0.117. The van der Waals surface area contributed by atoms with Gasteiger partial charge in [0.25, 0.3) is 5.91 Å². The molecule has 2 fully saturated rings. The monoisotopic (exact) mass is 589 g/mol. The van der Waals surface area contributed by atoms with Gasteiger partial charge in [0.1, 0.15) is 18.2 Å². The van der Waals surface area contributed by atoms with E-state index in [1.54, 1.807) is 24.3 Å². The summed E-state index contributed by atoms with van der Waals surface area (Å²) in [7, 11) is 0. The van der Waals surface area contributed by atoms with Crippen molar-refractivity contribution < 1.29 is 23.2 Å². The van der Waals surface area contributed by atoms with Crippen molar-refractivity contribution in [3.05, 3.63) is 95.6 Å². The maximum Gasteiger partial charge on any atom is 0.317 e. The average Bonchev–Trinajstić information content (AvgIpc) is 3.02. The van der Waals surface area contributed by atoms with Crippen molar-refractivity contribution in [3.63, 3.8) is 0 Å². The lowest BCUT2D eigenvalue weighted by atomic mass is 9.96. The maximum absolute atomic E-state index is 13.8. The second-order valence-corrected chi connectivity index (χ2v) is 11.2. The molecule has 0 aromatic heterocycles. The molecule has 1 heterocycles. The fourth-order valence-corrected chi connectivity index (χ4v) is 5.62. The third-order valence-electron chi connectivity index (χ3n) is 8.00. The Labute approximate surface area is 250 Å². The SMILES string of the molecule is O=C(CN(Cc1ccc(F)cc1)C(=O)c1cccc(F)c1)Nc1ccc(N2CCN(C(=O)NC3CCCCC3)CC2)cc1. The molecule has 43 heavy (non-hydrogen) atoms. The van der Waals surface area contributed by atoms with Crippen LogP contribution in [0.15, 0.2) is 72.8 Å². The molecule has 8 nitrogen and oxygen atoms in total. The highest BCUT2D eigenvalue weighted by Crippen LogP contribution is 2.21. The second-order valence-electron chi connectivity index (χ2n) is 11.2. The van der Waals surface area contributed by atoms with Crippen LogP contribution in [0.2, 0.25) is 0 Å². The Morgan fingerprint density at radius 2 is 1.51 bits per heavy atom. The molecule has 5 rings (SSSR count).